The van der Waals surface area contributed by atoms with Crippen LogP contribution in [0, 0.1) is 6.92 Å². The highest BCUT2D eigenvalue weighted by Crippen LogP contribution is 2.15. The summed E-state index contributed by atoms with van der Waals surface area (Å²) in [5.41, 5.74) is 0.423. The number of furan rings is 1. The Morgan fingerprint density at radius 3 is 2.89 bits per heavy atom. The Bertz CT molecular complexity index is 388. The van der Waals surface area contributed by atoms with E-state index in [0.717, 1.165) is 0 Å². The molecule has 1 aromatic rings. The van der Waals surface area contributed by atoms with Gasteiger partial charge in [0.05, 0.1) is 26.4 Å². The number of aliphatic hydroxyl groups excluding tert-OH is 1. The Labute approximate surface area is 106 Å². The SMILES string of the molecule is COCC(O)CNCc1cc(C(=O)OC)c(C)o1. The van der Waals surface area contributed by atoms with Crippen LogP contribution in [0.2, 0.25) is 0 Å². The molecule has 0 fully saturated rings. The van der Waals surface area contributed by atoms with Gasteiger partial charge in [0.1, 0.15) is 17.1 Å². The van der Waals surface area contributed by atoms with Gasteiger partial charge in [0.15, 0.2) is 0 Å². The number of carbonyl (C=O) groups is 1. The summed E-state index contributed by atoms with van der Waals surface area (Å²) in [5.74, 6) is 0.732. The molecule has 0 saturated carbocycles. The van der Waals surface area contributed by atoms with Crippen molar-refractivity contribution < 1.29 is 23.8 Å². The molecule has 6 heteroatoms. The van der Waals surface area contributed by atoms with Crippen molar-refractivity contribution in [1.82, 2.24) is 5.32 Å². The zero-order valence-corrected chi connectivity index (χ0v) is 10.9. The summed E-state index contributed by atoms with van der Waals surface area (Å²) in [7, 11) is 2.86. The van der Waals surface area contributed by atoms with Gasteiger partial charge >= 0.3 is 5.97 Å². The lowest BCUT2D eigenvalue weighted by molar-refractivity contribution is 0.0598. The maximum absolute atomic E-state index is 11.4. The first-order valence-electron chi connectivity index (χ1n) is 5.63. The summed E-state index contributed by atoms with van der Waals surface area (Å²) in [6, 6.07) is 1.64. The van der Waals surface area contributed by atoms with E-state index >= 15 is 0 Å². The average molecular weight is 257 g/mol. The van der Waals surface area contributed by atoms with E-state index in [4.69, 9.17) is 9.15 Å². The van der Waals surface area contributed by atoms with E-state index in [1.165, 1.54) is 14.2 Å². The molecule has 0 aromatic carbocycles. The molecule has 6 nitrogen and oxygen atoms in total. The largest absolute Gasteiger partial charge is 0.465 e. The van der Waals surface area contributed by atoms with Crippen molar-refractivity contribution in [3.8, 4) is 0 Å². The molecule has 1 heterocycles. The van der Waals surface area contributed by atoms with Gasteiger partial charge in [0, 0.05) is 13.7 Å². The highest BCUT2D eigenvalue weighted by atomic mass is 16.5. The summed E-state index contributed by atoms with van der Waals surface area (Å²) in [4.78, 5) is 11.4. The first-order chi connectivity index (χ1) is 8.58. The minimum absolute atomic E-state index is 0.275. The molecule has 1 rings (SSSR count). The minimum atomic E-state index is -0.564. The quantitative estimate of drug-likeness (QED) is 0.691. The Kier molecular flexibility index (Phi) is 5.84. The monoisotopic (exact) mass is 257 g/mol. The zero-order chi connectivity index (χ0) is 13.5. The van der Waals surface area contributed by atoms with E-state index in [2.05, 4.69) is 10.1 Å². The third kappa shape index (κ3) is 4.14. The van der Waals surface area contributed by atoms with Crippen LogP contribution in [0.25, 0.3) is 0 Å². The number of ether oxygens (including phenoxy) is 2. The molecule has 0 aliphatic heterocycles. The van der Waals surface area contributed by atoms with Crippen LogP contribution in [-0.4, -0.2) is 44.6 Å². The fraction of sp³-hybridized carbons (Fsp3) is 0.583. The molecular formula is C12H19NO5. The second-order valence-corrected chi connectivity index (χ2v) is 3.91. The van der Waals surface area contributed by atoms with Crippen LogP contribution in [0.15, 0.2) is 10.5 Å². The molecule has 0 aliphatic rings. The van der Waals surface area contributed by atoms with Crippen molar-refractivity contribution in [3.63, 3.8) is 0 Å². The van der Waals surface area contributed by atoms with Gasteiger partial charge in [-0.3, -0.25) is 0 Å². The highest BCUT2D eigenvalue weighted by Gasteiger charge is 2.15. The lowest BCUT2D eigenvalue weighted by Gasteiger charge is -2.09. The third-order valence-corrected chi connectivity index (χ3v) is 2.41. The summed E-state index contributed by atoms with van der Waals surface area (Å²) in [6.07, 6.45) is -0.564. The second-order valence-electron chi connectivity index (χ2n) is 3.91. The molecule has 1 atom stereocenters. The minimum Gasteiger partial charge on any atom is -0.465 e. The molecule has 1 aromatic heterocycles. The summed E-state index contributed by atoms with van der Waals surface area (Å²) >= 11 is 0. The van der Waals surface area contributed by atoms with Gasteiger partial charge in [0.2, 0.25) is 0 Å². The molecular weight excluding hydrogens is 238 g/mol. The number of esters is 1. The first kappa shape index (κ1) is 14.7. The van der Waals surface area contributed by atoms with Crippen LogP contribution in [-0.2, 0) is 16.0 Å². The van der Waals surface area contributed by atoms with E-state index in [9.17, 15) is 9.90 Å². The molecule has 0 spiro atoms. The Hall–Kier alpha value is -1.37. The van der Waals surface area contributed by atoms with Crippen LogP contribution in [0.5, 0.6) is 0 Å². The standard InChI is InChI=1S/C12H19NO5/c1-8-11(12(15)17-3)4-10(18-8)6-13-5-9(14)7-16-2/h4,9,13-14H,5-7H2,1-3H3. The van der Waals surface area contributed by atoms with Crippen molar-refractivity contribution >= 4 is 5.97 Å². The number of aliphatic hydroxyl groups is 1. The molecule has 0 saturated heterocycles. The van der Waals surface area contributed by atoms with Crippen molar-refractivity contribution in [2.24, 2.45) is 0 Å². The molecule has 0 amide bonds. The number of hydrogen-bond donors (Lipinski definition) is 2. The van der Waals surface area contributed by atoms with Gasteiger partial charge in [-0.2, -0.15) is 0 Å². The second kappa shape index (κ2) is 7.15. The van der Waals surface area contributed by atoms with Crippen LogP contribution < -0.4 is 5.32 Å². The van der Waals surface area contributed by atoms with Gasteiger partial charge in [0.25, 0.3) is 0 Å². The maximum Gasteiger partial charge on any atom is 0.341 e. The number of methoxy groups -OCH3 is 2. The van der Waals surface area contributed by atoms with E-state index in [1.807, 2.05) is 0 Å². The summed E-state index contributed by atoms with van der Waals surface area (Å²) in [5, 5.41) is 12.4. The Morgan fingerprint density at radius 1 is 1.56 bits per heavy atom. The fourth-order valence-electron chi connectivity index (χ4n) is 1.56. The van der Waals surface area contributed by atoms with Gasteiger partial charge in [-0.1, -0.05) is 0 Å². The van der Waals surface area contributed by atoms with Gasteiger partial charge in [-0.25, -0.2) is 4.79 Å². The van der Waals surface area contributed by atoms with Crippen molar-refractivity contribution in [2.45, 2.75) is 19.6 Å². The van der Waals surface area contributed by atoms with Crippen LogP contribution in [0.3, 0.4) is 0 Å². The Balaban J connectivity index is 2.46. The van der Waals surface area contributed by atoms with Crippen molar-refractivity contribution in [2.75, 3.05) is 27.4 Å². The topological polar surface area (TPSA) is 80.9 Å². The van der Waals surface area contributed by atoms with Gasteiger partial charge in [-0.15, -0.1) is 0 Å². The van der Waals surface area contributed by atoms with Gasteiger partial charge < -0.3 is 24.3 Å². The number of carbonyl (C=O) groups excluding carboxylic acids is 1. The lowest BCUT2D eigenvalue weighted by Crippen LogP contribution is -2.29. The summed E-state index contributed by atoms with van der Waals surface area (Å²) in [6.45, 7) is 2.80. The fourth-order valence-corrected chi connectivity index (χ4v) is 1.56. The highest BCUT2D eigenvalue weighted by molar-refractivity contribution is 5.90. The van der Waals surface area contributed by atoms with E-state index in [1.54, 1.807) is 13.0 Å². The lowest BCUT2D eigenvalue weighted by atomic mass is 10.2. The number of hydrogen-bond acceptors (Lipinski definition) is 6. The molecule has 0 radical (unpaired) electrons. The normalized spacial score (nSPS) is 12.4. The molecule has 1 unspecified atom stereocenters. The van der Waals surface area contributed by atoms with Gasteiger partial charge in [-0.05, 0) is 13.0 Å². The molecule has 18 heavy (non-hydrogen) atoms. The number of nitrogens with one attached hydrogen (secondary N) is 1. The molecule has 0 aliphatic carbocycles. The number of rotatable bonds is 7. The van der Waals surface area contributed by atoms with Crippen molar-refractivity contribution in [1.29, 1.82) is 0 Å². The summed E-state index contributed by atoms with van der Waals surface area (Å²) < 4.78 is 14.8. The maximum atomic E-state index is 11.4. The van der Waals surface area contributed by atoms with Crippen LogP contribution in [0.1, 0.15) is 21.9 Å². The third-order valence-electron chi connectivity index (χ3n) is 2.41. The van der Waals surface area contributed by atoms with E-state index in [-0.39, 0.29) is 6.61 Å². The molecule has 102 valence electrons. The van der Waals surface area contributed by atoms with Crippen LogP contribution >= 0.6 is 0 Å². The zero-order valence-electron chi connectivity index (χ0n) is 10.9. The predicted molar refractivity (Wildman–Crippen MR) is 64.4 cm³/mol. The first-order valence-corrected chi connectivity index (χ1v) is 5.63. The van der Waals surface area contributed by atoms with Crippen LogP contribution in [0.4, 0.5) is 0 Å². The van der Waals surface area contributed by atoms with E-state index < -0.39 is 12.1 Å². The predicted octanol–water partition coefficient (Wildman–Crippen LogP) is 0.472. The molecule has 0 bridgehead atoms. The average Bonchev–Trinajstić information content (AvgIpc) is 2.70. The number of aryl methyl sites for hydroxylation is 1. The Morgan fingerprint density at radius 2 is 2.28 bits per heavy atom. The van der Waals surface area contributed by atoms with E-state index in [0.29, 0.717) is 30.2 Å². The molecule has 2 N–H and O–H groups in total. The smallest absolute Gasteiger partial charge is 0.341 e. The van der Waals surface area contributed by atoms with Crippen molar-refractivity contribution in [3.05, 3.63) is 23.2 Å².